The minimum atomic E-state index is -1.98. The van der Waals surface area contributed by atoms with E-state index in [-0.39, 0.29) is 63.7 Å². The number of carbonyl (C=O) groups excluding carboxylic acids is 1. The van der Waals surface area contributed by atoms with Gasteiger partial charge in [-0.2, -0.15) is 0 Å². The van der Waals surface area contributed by atoms with Crippen LogP contribution in [-0.4, -0.2) is 44.6 Å². The van der Waals surface area contributed by atoms with Crippen LogP contribution in [0.4, 0.5) is 0 Å². The number of ether oxygens (including phenoxy) is 2. The van der Waals surface area contributed by atoms with Gasteiger partial charge >= 0.3 is 51.4 Å². The summed E-state index contributed by atoms with van der Waals surface area (Å²) < 4.78 is 23.3. The van der Waals surface area contributed by atoms with Crippen LogP contribution < -0.4 is 56.1 Å². The van der Waals surface area contributed by atoms with E-state index in [1.165, 1.54) is 6.20 Å². The van der Waals surface area contributed by atoms with E-state index < -0.39 is 15.9 Å². The molecule has 1 N–H and O–H groups in total. The van der Waals surface area contributed by atoms with Crippen molar-refractivity contribution in [1.82, 2.24) is 15.0 Å². The van der Waals surface area contributed by atoms with E-state index in [1.54, 1.807) is 26.2 Å². The summed E-state index contributed by atoms with van der Waals surface area (Å²) in [6.45, 7) is 2.77. The first kappa shape index (κ1) is 22.3. The number of imidazole rings is 1. The van der Waals surface area contributed by atoms with Gasteiger partial charge in [0, 0.05) is 31.9 Å². The number of pyridine rings is 1. The molecule has 0 saturated carbocycles. The molecule has 0 aliphatic carbocycles. The molecule has 0 aliphatic heterocycles. The van der Waals surface area contributed by atoms with Crippen LogP contribution in [0.1, 0.15) is 23.9 Å². The predicted molar refractivity (Wildman–Crippen MR) is 98.9 cm³/mol. The maximum atomic E-state index is 12.7. The van der Waals surface area contributed by atoms with Crippen LogP contribution >= 0.6 is 0 Å². The number of para-hydroxylation sites is 2. The number of benzene rings is 1. The monoisotopic (exact) mass is 413 g/mol. The molecule has 0 aliphatic rings. The van der Waals surface area contributed by atoms with Crippen LogP contribution in [0.5, 0.6) is 5.75 Å². The molecule has 2 heterocycles. The number of nitrogens with zero attached hydrogens (tertiary/aromatic N) is 2. The molecule has 3 aromatic rings. The quantitative estimate of drug-likeness (QED) is 0.424. The van der Waals surface area contributed by atoms with Crippen molar-refractivity contribution in [3.8, 4) is 5.75 Å². The molecule has 0 bridgehead atoms. The maximum Gasteiger partial charge on any atom is 1.00 e. The average Bonchev–Trinajstić information content (AvgIpc) is 3.09. The van der Waals surface area contributed by atoms with Crippen molar-refractivity contribution in [2.75, 3.05) is 20.3 Å². The smallest absolute Gasteiger partial charge is 1.00 e. The van der Waals surface area contributed by atoms with Gasteiger partial charge in [-0.1, -0.05) is 12.1 Å². The first-order chi connectivity index (χ1) is 12.6. The second kappa shape index (κ2) is 10.6. The van der Waals surface area contributed by atoms with Gasteiger partial charge in [-0.05, 0) is 25.1 Å². The molecule has 0 saturated heterocycles. The van der Waals surface area contributed by atoms with Gasteiger partial charge in [0.1, 0.15) is 11.4 Å². The number of hydrogen-bond donors (Lipinski definition) is 1. The largest absolute Gasteiger partial charge is 1.00 e. The van der Waals surface area contributed by atoms with Crippen molar-refractivity contribution in [2.24, 2.45) is 0 Å². The van der Waals surface area contributed by atoms with E-state index in [4.69, 9.17) is 9.47 Å². The topological polar surface area (TPSA) is 94.2 Å². The molecule has 2 aromatic heterocycles. The molecule has 0 fully saturated rings. The Kier molecular flexibility index (Phi) is 8.74. The number of methoxy groups -OCH3 is 1. The molecule has 0 radical (unpaired) electrons. The minimum absolute atomic E-state index is 0. The third-order valence-electron chi connectivity index (χ3n) is 3.81. The zero-order valence-corrected chi connectivity index (χ0v) is 19.5. The normalized spacial score (nSPS) is 11.8. The zero-order valence-electron chi connectivity index (χ0n) is 16.5. The summed E-state index contributed by atoms with van der Waals surface area (Å²) in [6.07, 6.45) is 2.20. The summed E-state index contributed by atoms with van der Waals surface area (Å²) >= 11 is 0. The number of carbonyl (C=O) groups is 1. The third-order valence-corrected chi connectivity index (χ3v) is 4.88. The van der Waals surface area contributed by atoms with Crippen LogP contribution in [-0.2, 0) is 15.5 Å². The van der Waals surface area contributed by atoms with E-state index >= 15 is 0 Å². The number of hydrogen-bond acceptors (Lipinski definition) is 6. The van der Waals surface area contributed by atoms with Crippen molar-refractivity contribution in [3.05, 3.63) is 47.8 Å². The van der Waals surface area contributed by atoms with Gasteiger partial charge in [0.2, 0.25) is 5.16 Å². The van der Waals surface area contributed by atoms with Gasteiger partial charge in [0.05, 0.1) is 17.6 Å². The molecule has 1 unspecified atom stereocenters. The number of H-pyrrole nitrogens is 1. The summed E-state index contributed by atoms with van der Waals surface area (Å²) in [7, 11) is -0.356. The van der Waals surface area contributed by atoms with Gasteiger partial charge < -0.3 is 15.9 Å². The standard InChI is InChI=1S/C18H19N3O4S.K.H/c1-12-15(25-11-5-10-24-2)8-9-19-16(12)17(22)26(23)18-20-13-6-3-4-7-14(13)21-18;;/h3-4,6-9H,5,10-11H2,1-2H3,(H,20,21);;/q;+1;-1. The molecular formula is C18H20KN3O4S. The number of aromatic nitrogens is 3. The van der Waals surface area contributed by atoms with Crippen LogP contribution in [0.2, 0.25) is 0 Å². The Balaban J connectivity index is 0.00000196. The SMILES string of the molecule is COCCCOc1ccnc(C(=O)S(=O)c2nc3ccccc3[nH]2)c1C.[H-].[K+]. The molecular weight excluding hydrogens is 393 g/mol. The molecule has 27 heavy (non-hydrogen) atoms. The Morgan fingerprint density at radius 1 is 1.26 bits per heavy atom. The third kappa shape index (κ3) is 5.32. The Labute approximate surface area is 203 Å². The van der Waals surface area contributed by atoms with Gasteiger partial charge in [0.15, 0.2) is 10.8 Å². The number of nitrogens with one attached hydrogen (secondary N) is 1. The van der Waals surface area contributed by atoms with E-state index in [9.17, 15) is 9.00 Å². The second-order valence-electron chi connectivity index (χ2n) is 5.59. The molecule has 0 amide bonds. The van der Waals surface area contributed by atoms with Crippen LogP contribution in [0.15, 0.2) is 41.7 Å². The van der Waals surface area contributed by atoms with E-state index in [0.717, 1.165) is 11.9 Å². The van der Waals surface area contributed by atoms with Gasteiger partial charge in [-0.15, -0.1) is 0 Å². The van der Waals surface area contributed by atoms with Crippen molar-refractivity contribution in [3.63, 3.8) is 0 Å². The van der Waals surface area contributed by atoms with Gasteiger partial charge in [0.25, 0.3) is 5.12 Å². The molecule has 7 nitrogen and oxygen atoms in total. The molecule has 3 rings (SSSR count). The number of rotatable bonds is 7. The Bertz CT molecular complexity index is 934. The average molecular weight is 414 g/mol. The van der Waals surface area contributed by atoms with Crippen molar-refractivity contribution >= 4 is 26.9 Å². The van der Waals surface area contributed by atoms with Crippen molar-refractivity contribution < 1.29 is 71.3 Å². The van der Waals surface area contributed by atoms with Crippen LogP contribution in [0.25, 0.3) is 11.0 Å². The first-order valence-corrected chi connectivity index (χ1v) is 9.25. The molecule has 1 aromatic carbocycles. The van der Waals surface area contributed by atoms with E-state index in [1.807, 2.05) is 18.2 Å². The van der Waals surface area contributed by atoms with Crippen molar-refractivity contribution in [1.29, 1.82) is 0 Å². The summed E-state index contributed by atoms with van der Waals surface area (Å²) in [5, 5.41) is -0.493. The Morgan fingerprint density at radius 3 is 2.78 bits per heavy atom. The maximum absolute atomic E-state index is 12.7. The second-order valence-corrected chi connectivity index (χ2v) is 6.89. The number of aromatic amines is 1. The Morgan fingerprint density at radius 2 is 2.04 bits per heavy atom. The molecule has 138 valence electrons. The van der Waals surface area contributed by atoms with Crippen molar-refractivity contribution in [2.45, 2.75) is 18.5 Å². The fourth-order valence-electron chi connectivity index (χ4n) is 2.46. The van der Waals surface area contributed by atoms with Gasteiger partial charge in [-0.3, -0.25) is 9.78 Å². The molecule has 9 heteroatoms. The predicted octanol–water partition coefficient (Wildman–Crippen LogP) is -0.254. The van der Waals surface area contributed by atoms with Crippen LogP contribution in [0, 0.1) is 6.92 Å². The first-order valence-electron chi connectivity index (χ1n) is 8.10. The van der Waals surface area contributed by atoms with E-state index in [2.05, 4.69) is 15.0 Å². The minimum Gasteiger partial charge on any atom is -1.00 e. The summed E-state index contributed by atoms with van der Waals surface area (Å²) in [4.78, 5) is 23.9. The zero-order chi connectivity index (χ0) is 18.5. The summed E-state index contributed by atoms with van der Waals surface area (Å²) in [5.74, 6) is 0.543. The summed E-state index contributed by atoms with van der Waals surface area (Å²) in [6, 6.07) is 8.95. The van der Waals surface area contributed by atoms with Crippen LogP contribution in [0.3, 0.4) is 0 Å². The summed E-state index contributed by atoms with van der Waals surface area (Å²) in [5.41, 5.74) is 2.06. The Hall–Kier alpha value is -0.944. The van der Waals surface area contributed by atoms with E-state index in [0.29, 0.717) is 30.0 Å². The fraction of sp³-hybridized carbons (Fsp3) is 0.278. The molecule has 0 spiro atoms. The van der Waals surface area contributed by atoms with Gasteiger partial charge in [-0.25, -0.2) is 9.19 Å². The molecule has 1 atom stereocenters. The fourth-order valence-corrected chi connectivity index (χ4v) is 3.40. The number of fused-ring (bicyclic) bond motifs is 1.